The molecule has 21 heavy (non-hydrogen) atoms. The third kappa shape index (κ3) is 2.83. The molecule has 0 N–H and O–H groups in total. The first-order chi connectivity index (χ1) is 10.0. The molecule has 0 aliphatic heterocycles. The molecule has 3 heterocycles. The van der Waals surface area contributed by atoms with Crippen LogP contribution in [0.2, 0.25) is 0 Å². The summed E-state index contributed by atoms with van der Waals surface area (Å²) in [7, 11) is 0. The summed E-state index contributed by atoms with van der Waals surface area (Å²) in [5, 5.41) is 0. The maximum atomic E-state index is 12.1. The molecule has 0 spiro atoms. The highest BCUT2D eigenvalue weighted by Gasteiger charge is 2.14. The molecule has 0 saturated carbocycles. The van der Waals surface area contributed by atoms with Crippen LogP contribution in [0.5, 0.6) is 0 Å². The molecule has 0 aliphatic rings. The minimum Gasteiger partial charge on any atom is -0.455 e. The van der Waals surface area contributed by atoms with Crippen LogP contribution in [0.25, 0.3) is 5.65 Å². The topological polar surface area (TPSA) is 43.6 Å². The number of rotatable bonds is 3. The fourth-order valence-electron chi connectivity index (χ4n) is 2.28. The molecule has 3 rings (SSSR count). The molecule has 4 nitrogen and oxygen atoms in total. The number of nitrogens with zero attached hydrogens (tertiary/aromatic N) is 2. The minimum absolute atomic E-state index is 0.188. The third-order valence-corrected chi connectivity index (χ3v) is 4.23. The van der Waals surface area contributed by atoms with E-state index < -0.39 is 0 Å². The van der Waals surface area contributed by atoms with Crippen molar-refractivity contribution in [1.82, 2.24) is 9.38 Å². The smallest absolute Gasteiger partial charge is 0.339 e. The zero-order valence-electron chi connectivity index (χ0n) is 12.2. The van der Waals surface area contributed by atoms with Crippen LogP contribution in [0.4, 0.5) is 0 Å². The SMILES string of the molecule is Cc1ccc2nc(COC(=O)c3cc(C)sc3C)cn2c1. The predicted octanol–water partition coefficient (Wildman–Crippen LogP) is 3.68. The van der Waals surface area contributed by atoms with Crippen molar-refractivity contribution in [2.75, 3.05) is 0 Å². The van der Waals surface area contributed by atoms with Crippen molar-refractivity contribution in [2.24, 2.45) is 0 Å². The molecule has 0 aliphatic carbocycles. The lowest BCUT2D eigenvalue weighted by atomic mass is 10.2. The Morgan fingerprint density at radius 3 is 2.81 bits per heavy atom. The molecule has 3 aromatic heterocycles. The molecular weight excluding hydrogens is 284 g/mol. The van der Waals surface area contributed by atoms with E-state index in [1.807, 2.05) is 55.8 Å². The van der Waals surface area contributed by atoms with Gasteiger partial charge in [0.2, 0.25) is 0 Å². The molecule has 0 saturated heterocycles. The average molecular weight is 300 g/mol. The van der Waals surface area contributed by atoms with Gasteiger partial charge in [-0.2, -0.15) is 0 Å². The molecule has 0 amide bonds. The highest BCUT2D eigenvalue weighted by Crippen LogP contribution is 2.21. The monoisotopic (exact) mass is 300 g/mol. The summed E-state index contributed by atoms with van der Waals surface area (Å²) in [6.45, 7) is 6.13. The summed E-state index contributed by atoms with van der Waals surface area (Å²) < 4.78 is 7.30. The number of imidazole rings is 1. The van der Waals surface area contributed by atoms with Gasteiger partial charge in [0.05, 0.1) is 11.3 Å². The Morgan fingerprint density at radius 2 is 2.10 bits per heavy atom. The van der Waals surface area contributed by atoms with Crippen LogP contribution >= 0.6 is 11.3 Å². The molecule has 5 heteroatoms. The van der Waals surface area contributed by atoms with Gasteiger partial charge in [0, 0.05) is 22.1 Å². The summed E-state index contributed by atoms with van der Waals surface area (Å²) in [6, 6.07) is 5.83. The largest absolute Gasteiger partial charge is 0.455 e. The van der Waals surface area contributed by atoms with Crippen molar-refractivity contribution in [3.8, 4) is 0 Å². The molecule has 0 bridgehead atoms. The van der Waals surface area contributed by atoms with E-state index in [-0.39, 0.29) is 12.6 Å². The normalized spacial score (nSPS) is 11.0. The molecule has 0 radical (unpaired) electrons. The second-order valence-corrected chi connectivity index (χ2v) is 6.57. The Kier molecular flexibility index (Phi) is 3.51. The Labute approximate surface area is 127 Å². The van der Waals surface area contributed by atoms with Crippen LogP contribution in [-0.4, -0.2) is 15.4 Å². The number of hydrogen-bond acceptors (Lipinski definition) is 4. The van der Waals surface area contributed by atoms with Crippen LogP contribution in [0, 0.1) is 20.8 Å². The van der Waals surface area contributed by atoms with Crippen molar-refractivity contribution < 1.29 is 9.53 Å². The lowest BCUT2D eigenvalue weighted by molar-refractivity contribution is 0.0468. The van der Waals surface area contributed by atoms with E-state index in [0.717, 1.165) is 26.7 Å². The second-order valence-electron chi connectivity index (χ2n) is 5.11. The molecule has 0 aromatic carbocycles. The first-order valence-corrected chi connectivity index (χ1v) is 7.53. The van der Waals surface area contributed by atoms with Gasteiger partial charge in [-0.15, -0.1) is 11.3 Å². The first kappa shape index (κ1) is 13.8. The van der Waals surface area contributed by atoms with E-state index in [0.29, 0.717) is 5.56 Å². The standard InChI is InChI=1S/C16H16N2O2S/c1-10-4-5-15-17-13(8-18(15)7-10)9-20-16(19)14-6-11(2)21-12(14)3/h4-8H,9H2,1-3H3. The van der Waals surface area contributed by atoms with Crippen molar-refractivity contribution in [3.63, 3.8) is 0 Å². The molecule has 0 unspecified atom stereocenters. The Morgan fingerprint density at radius 1 is 1.29 bits per heavy atom. The van der Waals surface area contributed by atoms with E-state index in [1.54, 1.807) is 11.3 Å². The fraction of sp³-hybridized carbons (Fsp3) is 0.250. The molecule has 0 fully saturated rings. The lowest BCUT2D eigenvalue weighted by Gasteiger charge is -2.01. The van der Waals surface area contributed by atoms with Crippen molar-refractivity contribution in [3.05, 3.63) is 57.2 Å². The van der Waals surface area contributed by atoms with Crippen molar-refractivity contribution >= 4 is 23.0 Å². The molecular formula is C16H16N2O2S. The van der Waals surface area contributed by atoms with Gasteiger partial charge in [-0.1, -0.05) is 6.07 Å². The zero-order valence-corrected chi connectivity index (χ0v) is 13.0. The molecule has 3 aromatic rings. The highest BCUT2D eigenvalue weighted by molar-refractivity contribution is 7.12. The number of fused-ring (bicyclic) bond motifs is 1. The van der Waals surface area contributed by atoms with Crippen molar-refractivity contribution in [2.45, 2.75) is 27.4 Å². The summed E-state index contributed by atoms with van der Waals surface area (Å²) >= 11 is 1.60. The van der Waals surface area contributed by atoms with Gasteiger partial charge in [0.1, 0.15) is 12.3 Å². The van der Waals surface area contributed by atoms with Gasteiger partial charge in [-0.25, -0.2) is 9.78 Å². The number of esters is 1. The summed E-state index contributed by atoms with van der Waals surface area (Å²) in [4.78, 5) is 18.6. The summed E-state index contributed by atoms with van der Waals surface area (Å²) in [5.74, 6) is -0.287. The number of carbonyl (C=O) groups excluding carboxylic acids is 1. The highest BCUT2D eigenvalue weighted by atomic mass is 32.1. The maximum absolute atomic E-state index is 12.1. The van der Waals surface area contributed by atoms with E-state index in [2.05, 4.69) is 4.98 Å². The van der Waals surface area contributed by atoms with Crippen LogP contribution in [0.1, 0.15) is 31.4 Å². The second kappa shape index (κ2) is 5.33. The number of aromatic nitrogens is 2. The summed E-state index contributed by atoms with van der Waals surface area (Å²) in [5.41, 5.74) is 3.41. The van der Waals surface area contributed by atoms with Crippen LogP contribution < -0.4 is 0 Å². The summed E-state index contributed by atoms with van der Waals surface area (Å²) in [6.07, 6.45) is 3.89. The molecule has 108 valence electrons. The average Bonchev–Trinajstić information content (AvgIpc) is 2.98. The Hall–Kier alpha value is -2.14. The van der Waals surface area contributed by atoms with Crippen LogP contribution in [0.3, 0.4) is 0 Å². The quantitative estimate of drug-likeness (QED) is 0.693. The number of carbonyl (C=O) groups is 1. The van der Waals surface area contributed by atoms with E-state index in [4.69, 9.17) is 4.74 Å². The number of aryl methyl sites for hydroxylation is 3. The van der Waals surface area contributed by atoms with Crippen LogP contribution in [-0.2, 0) is 11.3 Å². The van der Waals surface area contributed by atoms with Gasteiger partial charge in [0.25, 0.3) is 0 Å². The van der Waals surface area contributed by atoms with Gasteiger partial charge in [-0.05, 0) is 38.5 Å². The van der Waals surface area contributed by atoms with E-state index >= 15 is 0 Å². The van der Waals surface area contributed by atoms with Gasteiger partial charge < -0.3 is 9.14 Å². The van der Waals surface area contributed by atoms with Gasteiger partial charge in [0.15, 0.2) is 0 Å². The number of hydrogen-bond donors (Lipinski definition) is 0. The lowest BCUT2D eigenvalue weighted by Crippen LogP contribution is -2.05. The third-order valence-electron chi connectivity index (χ3n) is 3.26. The predicted molar refractivity (Wildman–Crippen MR) is 82.8 cm³/mol. The Balaban J connectivity index is 1.74. The Bertz CT molecular complexity index is 817. The van der Waals surface area contributed by atoms with Crippen LogP contribution in [0.15, 0.2) is 30.6 Å². The molecule has 0 atom stereocenters. The number of thiophene rings is 1. The number of ether oxygens (including phenoxy) is 1. The van der Waals surface area contributed by atoms with E-state index in [9.17, 15) is 4.79 Å². The number of pyridine rings is 1. The first-order valence-electron chi connectivity index (χ1n) is 6.71. The van der Waals surface area contributed by atoms with Gasteiger partial charge in [-0.3, -0.25) is 0 Å². The minimum atomic E-state index is -0.287. The maximum Gasteiger partial charge on any atom is 0.339 e. The zero-order chi connectivity index (χ0) is 15.0. The van der Waals surface area contributed by atoms with Gasteiger partial charge >= 0.3 is 5.97 Å². The van der Waals surface area contributed by atoms with Crippen molar-refractivity contribution in [1.29, 1.82) is 0 Å². The fourth-order valence-corrected chi connectivity index (χ4v) is 3.19. The van der Waals surface area contributed by atoms with E-state index in [1.165, 1.54) is 0 Å².